The van der Waals surface area contributed by atoms with Gasteiger partial charge in [0.15, 0.2) is 0 Å². The molecule has 20 heavy (non-hydrogen) atoms. The highest BCUT2D eigenvalue weighted by Gasteiger charge is 2.35. The van der Waals surface area contributed by atoms with Gasteiger partial charge in [-0.3, -0.25) is 9.88 Å². The summed E-state index contributed by atoms with van der Waals surface area (Å²) in [7, 11) is 0. The summed E-state index contributed by atoms with van der Waals surface area (Å²) < 4.78 is 38.3. The van der Waals surface area contributed by atoms with E-state index in [-0.39, 0.29) is 6.04 Å². The third-order valence-corrected chi connectivity index (χ3v) is 3.21. The fraction of sp³-hybridized carbons (Fsp3) is 0.643. The van der Waals surface area contributed by atoms with E-state index in [2.05, 4.69) is 4.98 Å². The van der Waals surface area contributed by atoms with Crippen LogP contribution in [0.3, 0.4) is 0 Å². The third kappa shape index (κ3) is 5.09. The van der Waals surface area contributed by atoms with Crippen LogP contribution in [0.5, 0.6) is 0 Å². The van der Waals surface area contributed by atoms with Crippen molar-refractivity contribution in [1.29, 1.82) is 0 Å². The van der Waals surface area contributed by atoms with Crippen molar-refractivity contribution in [2.45, 2.75) is 44.9 Å². The van der Waals surface area contributed by atoms with E-state index >= 15 is 0 Å². The maximum atomic E-state index is 12.8. The molecule has 0 radical (unpaired) electrons. The molecule has 2 unspecified atom stereocenters. The molecule has 0 fully saturated rings. The van der Waals surface area contributed by atoms with Crippen LogP contribution in [0.25, 0.3) is 0 Å². The van der Waals surface area contributed by atoms with Crippen molar-refractivity contribution in [2.24, 2.45) is 5.73 Å². The molecule has 2 atom stereocenters. The molecule has 0 aliphatic rings. The van der Waals surface area contributed by atoms with Crippen LogP contribution in [0, 0.1) is 0 Å². The van der Waals surface area contributed by atoms with E-state index in [1.54, 1.807) is 24.5 Å². The maximum Gasteiger partial charge on any atom is 0.401 e. The first-order valence-electron chi connectivity index (χ1n) is 6.85. The highest BCUT2D eigenvalue weighted by atomic mass is 19.4. The van der Waals surface area contributed by atoms with Gasteiger partial charge in [-0.2, -0.15) is 13.2 Å². The normalized spacial score (nSPS) is 15.3. The zero-order valence-corrected chi connectivity index (χ0v) is 11.9. The maximum absolute atomic E-state index is 12.8. The Morgan fingerprint density at radius 1 is 1.25 bits per heavy atom. The summed E-state index contributed by atoms with van der Waals surface area (Å²) in [6, 6.07) is 2.69. The largest absolute Gasteiger partial charge is 0.401 e. The summed E-state index contributed by atoms with van der Waals surface area (Å²) in [5.41, 5.74) is 6.85. The number of pyridine rings is 1. The molecule has 0 aliphatic carbocycles. The lowest BCUT2D eigenvalue weighted by Crippen LogP contribution is -2.45. The number of hydrogen-bond acceptors (Lipinski definition) is 3. The Morgan fingerprint density at radius 3 is 2.30 bits per heavy atom. The van der Waals surface area contributed by atoms with Crippen LogP contribution in [-0.2, 0) is 0 Å². The molecule has 1 heterocycles. The number of hydrogen-bond donors (Lipinski definition) is 1. The summed E-state index contributed by atoms with van der Waals surface area (Å²) in [5, 5.41) is 0. The molecule has 0 amide bonds. The Labute approximate surface area is 118 Å². The first kappa shape index (κ1) is 16.9. The van der Waals surface area contributed by atoms with E-state index in [0.29, 0.717) is 19.4 Å². The van der Waals surface area contributed by atoms with E-state index in [0.717, 1.165) is 5.56 Å². The number of nitrogens with zero attached hydrogens (tertiary/aromatic N) is 2. The van der Waals surface area contributed by atoms with Gasteiger partial charge in [0.25, 0.3) is 0 Å². The molecule has 0 bridgehead atoms. The van der Waals surface area contributed by atoms with Gasteiger partial charge >= 0.3 is 6.18 Å². The van der Waals surface area contributed by atoms with E-state index in [4.69, 9.17) is 5.73 Å². The van der Waals surface area contributed by atoms with E-state index < -0.39 is 18.8 Å². The molecule has 114 valence electrons. The Kier molecular flexibility index (Phi) is 6.42. The number of nitrogens with two attached hydrogens (primary N) is 1. The standard InChI is InChI=1S/C14H22F3N3/c1-3-9-20(10-14(15,16)17)13(12(18)4-2)11-5-7-19-8-6-11/h5-8,12-13H,3-4,9-10,18H2,1-2H3. The molecule has 6 heteroatoms. The van der Waals surface area contributed by atoms with Gasteiger partial charge in [-0.05, 0) is 37.1 Å². The molecule has 1 aromatic rings. The van der Waals surface area contributed by atoms with Crippen LogP contribution in [0.1, 0.15) is 38.3 Å². The van der Waals surface area contributed by atoms with Crippen molar-refractivity contribution in [2.75, 3.05) is 13.1 Å². The monoisotopic (exact) mass is 289 g/mol. The molecule has 2 N–H and O–H groups in total. The summed E-state index contributed by atoms with van der Waals surface area (Å²) >= 11 is 0. The lowest BCUT2D eigenvalue weighted by Gasteiger charge is -2.35. The van der Waals surface area contributed by atoms with Crippen molar-refractivity contribution in [3.05, 3.63) is 30.1 Å². The predicted molar refractivity (Wildman–Crippen MR) is 73.2 cm³/mol. The average molecular weight is 289 g/mol. The van der Waals surface area contributed by atoms with Gasteiger partial charge in [0.05, 0.1) is 12.6 Å². The molecular formula is C14H22F3N3. The Bertz CT molecular complexity index is 381. The molecule has 3 nitrogen and oxygen atoms in total. The Hall–Kier alpha value is -1.14. The Morgan fingerprint density at radius 2 is 1.85 bits per heavy atom. The minimum absolute atomic E-state index is 0.341. The second-order valence-corrected chi connectivity index (χ2v) is 4.88. The minimum atomic E-state index is -4.23. The van der Waals surface area contributed by atoms with Crippen molar-refractivity contribution in [3.63, 3.8) is 0 Å². The van der Waals surface area contributed by atoms with E-state index in [9.17, 15) is 13.2 Å². The molecule has 1 rings (SSSR count). The van der Waals surface area contributed by atoms with E-state index in [1.165, 1.54) is 4.90 Å². The van der Waals surface area contributed by atoms with Crippen molar-refractivity contribution < 1.29 is 13.2 Å². The van der Waals surface area contributed by atoms with Crippen LogP contribution in [0.2, 0.25) is 0 Å². The predicted octanol–water partition coefficient (Wildman–Crippen LogP) is 3.13. The third-order valence-electron chi connectivity index (χ3n) is 3.21. The zero-order chi connectivity index (χ0) is 15.2. The van der Waals surface area contributed by atoms with Gasteiger partial charge < -0.3 is 5.73 Å². The van der Waals surface area contributed by atoms with Crippen LogP contribution >= 0.6 is 0 Å². The van der Waals surface area contributed by atoms with Gasteiger partial charge in [0.2, 0.25) is 0 Å². The second-order valence-electron chi connectivity index (χ2n) is 4.88. The molecule has 0 saturated carbocycles. The van der Waals surface area contributed by atoms with Gasteiger partial charge in [-0.1, -0.05) is 13.8 Å². The number of alkyl halides is 3. The molecule has 0 saturated heterocycles. The topological polar surface area (TPSA) is 42.2 Å². The van der Waals surface area contributed by atoms with Gasteiger partial charge in [-0.15, -0.1) is 0 Å². The number of rotatable bonds is 7. The molecule has 0 spiro atoms. The van der Waals surface area contributed by atoms with Crippen LogP contribution < -0.4 is 5.73 Å². The van der Waals surface area contributed by atoms with Crippen LogP contribution in [-0.4, -0.2) is 35.2 Å². The average Bonchev–Trinajstić information content (AvgIpc) is 2.38. The van der Waals surface area contributed by atoms with Gasteiger partial charge in [0, 0.05) is 18.4 Å². The minimum Gasteiger partial charge on any atom is -0.326 e. The van der Waals surface area contributed by atoms with Crippen molar-refractivity contribution in [3.8, 4) is 0 Å². The summed E-state index contributed by atoms with van der Waals surface area (Å²) in [4.78, 5) is 5.33. The molecule has 1 aromatic heterocycles. The smallest absolute Gasteiger partial charge is 0.326 e. The number of aromatic nitrogens is 1. The second kappa shape index (κ2) is 7.59. The SMILES string of the molecule is CCCN(CC(F)(F)F)C(c1ccncc1)C(N)CC. The summed E-state index contributed by atoms with van der Waals surface area (Å²) in [6.45, 7) is 3.17. The highest BCUT2D eigenvalue weighted by Crippen LogP contribution is 2.28. The van der Waals surface area contributed by atoms with Crippen LogP contribution in [0.4, 0.5) is 13.2 Å². The fourth-order valence-electron chi connectivity index (χ4n) is 2.35. The molecular weight excluding hydrogens is 267 g/mol. The fourth-order valence-corrected chi connectivity index (χ4v) is 2.35. The summed E-state index contributed by atoms with van der Waals surface area (Å²) in [6.07, 6.45) is 0.206. The zero-order valence-electron chi connectivity index (χ0n) is 11.9. The molecule has 0 aliphatic heterocycles. The first-order chi connectivity index (χ1) is 9.39. The van der Waals surface area contributed by atoms with Crippen molar-refractivity contribution in [1.82, 2.24) is 9.88 Å². The summed E-state index contributed by atoms with van der Waals surface area (Å²) in [5.74, 6) is 0. The van der Waals surface area contributed by atoms with Crippen LogP contribution in [0.15, 0.2) is 24.5 Å². The van der Waals surface area contributed by atoms with Gasteiger partial charge in [0.1, 0.15) is 0 Å². The van der Waals surface area contributed by atoms with Gasteiger partial charge in [-0.25, -0.2) is 0 Å². The first-order valence-corrected chi connectivity index (χ1v) is 6.85. The number of halogens is 3. The lowest BCUT2D eigenvalue weighted by atomic mass is 9.97. The molecule has 0 aromatic carbocycles. The van der Waals surface area contributed by atoms with Crippen molar-refractivity contribution >= 4 is 0 Å². The van der Waals surface area contributed by atoms with E-state index in [1.807, 2.05) is 13.8 Å². The Balaban J connectivity index is 3.05. The lowest BCUT2D eigenvalue weighted by molar-refractivity contribution is -0.152. The highest BCUT2D eigenvalue weighted by molar-refractivity contribution is 5.17. The quantitative estimate of drug-likeness (QED) is 0.838.